The third-order valence-corrected chi connectivity index (χ3v) is 4.55. The van der Waals surface area contributed by atoms with Gasteiger partial charge in [-0.2, -0.15) is 5.26 Å². The molecule has 0 saturated carbocycles. The maximum atomic E-state index is 12.8. The highest BCUT2D eigenvalue weighted by Gasteiger charge is 2.08. The summed E-state index contributed by atoms with van der Waals surface area (Å²) in [6.07, 6.45) is 0. The van der Waals surface area contributed by atoms with Gasteiger partial charge in [-0.3, -0.25) is 4.99 Å². The molecule has 0 saturated heterocycles. The minimum atomic E-state index is -0.240. The Morgan fingerprint density at radius 1 is 1.26 bits per heavy atom. The molecule has 9 heteroatoms. The van der Waals surface area contributed by atoms with Crippen molar-refractivity contribution in [2.75, 3.05) is 32.0 Å². The van der Waals surface area contributed by atoms with E-state index in [1.807, 2.05) is 0 Å². The Balaban J connectivity index is 1.80. The van der Waals surface area contributed by atoms with Crippen molar-refractivity contribution in [3.8, 4) is 6.07 Å². The van der Waals surface area contributed by atoms with Gasteiger partial charge in [-0.05, 0) is 29.9 Å². The van der Waals surface area contributed by atoms with Gasteiger partial charge in [0.05, 0.1) is 19.8 Å². The van der Waals surface area contributed by atoms with Gasteiger partial charge in [-0.1, -0.05) is 12.1 Å². The summed E-state index contributed by atoms with van der Waals surface area (Å²) in [6.45, 7) is 2.64. The number of nitriles is 1. The van der Waals surface area contributed by atoms with Crippen LogP contribution in [0.1, 0.15) is 11.1 Å². The van der Waals surface area contributed by atoms with Crippen LogP contribution in [0, 0.1) is 21.9 Å². The molecule has 0 spiro atoms. The molecule has 3 N–H and O–H groups in total. The third kappa shape index (κ3) is 5.47. The van der Waals surface area contributed by atoms with Crippen LogP contribution in [-0.2, 0) is 25.4 Å². The van der Waals surface area contributed by atoms with Gasteiger partial charge in [-0.25, -0.2) is 4.39 Å². The third-order valence-electron chi connectivity index (χ3n) is 4.01. The summed E-state index contributed by atoms with van der Waals surface area (Å²) in [5, 5.41) is 12.6. The van der Waals surface area contributed by atoms with E-state index in [-0.39, 0.29) is 5.82 Å². The normalized spacial score (nSPS) is 11.6. The molecule has 0 bridgehead atoms. The van der Waals surface area contributed by atoms with Gasteiger partial charge in [0.1, 0.15) is 23.3 Å². The number of nitrogens with zero attached hydrogens (tertiary/aromatic N) is 4. The van der Waals surface area contributed by atoms with Gasteiger partial charge in [-0.15, -0.1) is 0 Å². The van der Waals surface area contributed by atoms with Crippen LogP contribution in [0.5, 0.6) is 0 Å². The molecule has 2 aromatic rings. The molecule has 0 radical (unpaired) electrons. The minimum Gasteiger partial charge on any atom is -0.384 e. The van der Waals surface area contributed by atoms with Crippen molar-refractivity contribution in [1.29, 1.82) is 5.26 Å². The van der Waals surface area contributed by atoms with E-state index in [1.54, 1.807) is 35.4 Å². The highest BCUT2D eigenvalue weighted by molar-refractivity contribution is 7.71. The zero-order chi connectivity index (χ0) is 19.8. The highest BCUT2D eigenvalue weighted by Crippen LogP contribution is 2.05. The second kappa shape index (κ2) is 9.97. The molecule has 1 aromatic heterocycles. The Labute approximate surface area is 162 Å². The van der Waals surface area contributed by atoms with Crippen LogP contribution in [0.2, 0.25) is 0 Å². The number of nitrogen functional groups attached to an aromatic ring is 1. The Kier molecular flexibility index (Phi) is 7.67. The van der Waals surface area contributed by atoms with Crippen molar-refractivity contribution >= 4 is 18.0 Å². The molecule has 0 unspecified atom stereocenters. The van der Waals surface area contributed by atoms with E-state index in [2.05, 4.69) is 16.4 Å². The molecule has 0 atom stereocenters. The van der Waals surface area contributed by atoms with E-state index in [1.165, 1.54) is 12.1 Å². The number of nitrogens with one attached hydrogen (secondary N) is 1. The highest BCUT2D eigenvalue weighted by atomic mass is 32.1. The lowest BCUT2D eigenvalue weighted by molar-refractivity contribution is 0.142. The summed E-state index contributed by atoms with van der Waals surface area (Å²) in [7, 11) is 3.46. The number of ether oxygens (including phenoxy) is 1. The van der Waals surface area contributed by atoms with Gasteiger partial charge < -0.3 is 24.9 Å². The lowest BCUT2D eigenvalue weighted by Crippen LogP contribution is -2.29. The molecule has 0 fully saturated rings. The summed E-state index contributed by atoms with van der Waals surface area (Å²) < 4.78 is 22.1. The van der Waals surface area contributed by atoms with Gasteiger partial charge in [0.15, 0.2) is 10.3 Å². The van der Waals surface area contributed by atoms with Crippen LogP contribution >= 0.6 is 12.2 Å². The fourth-order valence-electron chi connectivity index (χ4n) is 2.46. The smallest absolute Gasteiger partial charge is 0.182 e. The van der Waals surface area contributed by atoms with Crippen LogP contribution in [0.3, 0.4) is 0 Å². The maximum absolute atomic E-state index is 12.8. The number of hydrogen-bond donors (Lipinski definition) is 2. The van der Waals surface area contributed by atoms with Crippen molar-refractivity contribution in [2.45, 2.75) is 6.54 Å². The van der Waals surface area contributed by atoms with Crippen molar-refractivity contribution in [3.63, 3.8) is 0 Å². The Morgan fingerprint density at radius 2 is 1.96 bits per heavy atom. The van der Waals surface area contributed by atoms with Crippen LogP contribution in [0.4, 0.5) is 10.2 Å². The summed E-state index contributed by atoms with van der Waals surface area (Å²) in [5.41, 5.74) is 7.71. The molecule has 1 aromatic carbocycles. The van der Waals surface area contributed by atoms with Gasteiger partial charge in [0, 0.05) is 27.2 Å². The van der Waals surface area contributed by atoms with Gasteiger partial charge in [0.25, 0.3) is 0 Å². The Morgan fingerprint density at radius 3 is 2.63 bits per heavy atom. The monoisotopic (exact) mass is 390 g/mol. The largest absolute Gasteiger partial charge is 0.384 e. The molecule has 144 valence electrons. The van der Waals surface area contributed by atoms with Crippen LogP contribution in [-0.4, -0.2) is 35.4 Å². The fourth-order valence-corrected chi connectivity index (χ4v) is 2.64. The topological polar surface area (TPSA) is 93.3 Å². The quantitative estimate of drug-likeness (QED) is 0.525. The summed E-state index contributed by atoms with van der Waals surface area (Å²) in [4.78, 5) is 4.41. The second-order valence-electron chi connectivity index (χ2n) is 5.89. The van der Waals surface area contributed by atoms with E-state index < -0.39 is 0 Å². The number of aromatic nitrogens is 2. The SMILES string of the molecule is Cn1c(N)c(C#N)c(=NCCOCCNCc2ccc(F)cc2)n(C)c1=S. The van der Waals surface area contributed by atoms with Crippen LogP contribution in [0.15, 0.2) is 29.3 Å². The molecule has 7 nitrogen and oxygen atoms in total. The summed E-state index contributed by atoms with van der Waals surface area (Å²) in [5.74, 6) is 0.0566. The average molecular weight is 390 g/mol. The standard InChI is InChI=1S/C18H23FN6OS/c1-24-16(21)15(11-20)17(25(2)18(24)27)23-8-10-26-9-7-22-12-13-3-5-14(19)6-4-13/h3-6,22H,7-10,12,21H2,1-2H3. The van der Waals surface area contributed by atoms with Crippen molar-refractivity contribution in [3.05, 3.63) is 51.5 Å². The van der Waals surface area contributed by atoms with Crippen molar-refractivity contribution in [2.24, 2.45) is 19.1 Å². The Hall–Kier alpha value is -2.54. The number of rotatable bonds is 8. The van der Waals surface area contributed by atoms with Crippen molar-refractivity contribution < 1.29 is 9.13 Å². The zero-order valence-electron chi connectivity index (χ0n) is 15.4. The van der Waals surface area contributed by atoms with Crippen molar-refractivity contribution in [1.82, 2.24) is 14.5 Å². The molecule has 0 aliphatic rings. The molecular weight excluding hydrogens is 367 g/mol. The maximum Gasteiger partial charge on any atom is 0.182 e. The number of hydrogen-bond acceptors (Lipinski definition) is 6. The molecule has 27 heavy (non-hydrogen) atoms. The first-order valence-electron chi connectivity index (χ1n) is 8.44. The van der Waals surface area contributed by atoms with Gasteiger partial charge >= 0.3 is 0 Å². The summed E-state index contributed by atoms with van der Waals surface area (Å²) in [6, 6.07) is 8.45. The van der Waals surface area contributed by atoms with E-state index in [0.29, 0.717) is 54.5 Å². The minimum absolute atomic E-state index is 0.240. The van der Waals surface area contributed by atoms with Gasteiger partial charge in [0.2, 0.25) is 0 Å². The van der Waals surface area contributed by atoms with Crippen LogP contribution < -0.4 is 16.5 Å². The zero-order valence-corrected chi connectivity index (χ0v) is 16.2. The molecular formula is C18H23FN6OS. The van der Waals surface area contributed by atoms with E-state index in [4.69, 9.17) is 22.7 Å². The molecule has 0 aliphatic carbocycles. The number of anilines is 1. The Bertz CT molecular complexity index is 943. The summed E-state index contributed by atoms with van der Waals surface area (Å²) >= 11 is 5.29. The lowest BCUT2D eigenvalue weighted by atomic mass is 10.2. The number of nitrogens with two attached hydrogens (primary N) is 1. The van der Waals surface area contributed by atoms with E-state index >= 15 is 0 Å². The predicted octanol–water partition coefficient (Wildman–Crippen LogP) is 1.39. The second-order valence-corrected chi connectivity index (χ2v) is 6.26. The lowest BCUT2D eigenvalue weighted by Gasteiger charge is -2.11. The first-order chi connectivity index (χ1) is 13.0. The van der Waals surface area contributed by atoms with E-state index in [9.17, 15) is 9.65 Å². The fraction of sp³-hybridized carbons (Fsp3) is 0.389. The first-order valence-corrected chi connectivity index (χ1v) is 8.85. The molecule has 2 rings (SSSR count). The predicted molar refractivity (Wildman–Crippen MR) is 104 cm³/mol. The van der Waals surface area contributed by atoms with Crippen LogP contribution in [0.25, 0.3) is 0 Å². The molecule has 0 aliphatic heterocycles. The average Bonchev–Trinajstić information content (AvgIpc) is 2.67. The molecule has 0 amide bonds. The number of benzene rings is 1. The van der Waals surface area contributed by atoms with E-state index in [0.717, 1.165) is 5.56 Å². The number of halogens is 1. The molecule has 1 heterocycles. The first kappa shape index (κ1) is 20.8.